The van der Waals surface area contributed by atoms with Crippen LogP contribution in [0.2, 0.25) is 0 Å². The van der Waals surface area contributed by atoms with E-state index in [1.54, 1.807) is 0 Å². The number of rotatable bonds is 3. The lowest BCUT2D eigenvalue weighted by Gasteiger charge is -2.40. The normalized spacial score (nSPS) is 13.4. The number of para-hydroxylation sites is 1. The van der Waals surface area contributed by atoms with Crippen molar-refractivity contribution in [2.75, 3.05) is 4.90 Å². The van der Waals surface area contributed by atoms with Crippen molar-refractivity contribution in [3.63, 3.8) is 0 Å². The van der Waals surface area contributed by atoms with Crippen molar-refractivity contribution in [1.82, 2.24) is 0 Å². The Kier molecular flexibility index (Phi) is 6.20. The molecule has 3 heteroatoms. The second kappa shape index (κ2) is 9.21. The van der Waals surface area contributed by atoms with Gasteiger partial charge in [-0.15, -0.1) is 0 Å². The minimum absolute atomic E-state index is 0.0621. The summed E-state index contributed by atoms with van der Waals surface area (Å²) in [5.74, 6) is 0. The average Bonchev–Trinajstić information content (AvgIpc) is 2.86. The first-order valence-electron chi connectivity index (χ1n) is 12.8. The molecule has 0 amide bonds. The van der Waals surface area contributed by atoms with Gasteiger partial charge in [0, 0.05) is 16.9 Å². The van der Waals surface area contributed by atoms with Crippen molar-refractivity contribution in [1.29, 1.82) is 0 Å². The molecule has 0 atom stereocenters. The maximum absolute atomic E-state index is 6.49. The fourth-order valence-electron chi connectivity index (χ4n) is 5.54. The first kappa shape index (κ1) is 24.3. The summed E-state index contributed by atoms with van der Waals surface area (Å²) in [4.78, 5) is 2.43. The number of allylic oxidation sites excluding steroid dienone is 2. The van der Waals surface area contributed by atoms with E-state index in [1.165, 1.54) is 44.3 Å². The van der Waals surface area contributed by atoms with Crippen LogP contribution in [-0.2, 0) is 5.41 Å². The monoisotopic (exact) mass is 465 g/mol. The number of hydrogen-bond acceptors (Lipinski definition) is 1. The maximum atomic E-state index is 6.49. The van der Waals surface area contributed by atoms with Gasteiger partial charge in [0.2, 0.25) is 6.71 Å². The third kappa shape index (κ3) is 4.11. The van der Waals surface area contributed by atoms with Crippen molar-refractivity contribution in [2.24, 2.45) is 0 Å². The van der Waals surface area contributed by atoms with E-state index in [2.05, 4.69) is 137 Å². The summed E-state index contributed by atoms with van der Waals surface area (Å²) in [5, 5.41) is 0. The first-order valence-corrected chi connectivity index (χ1v) is 12.8. The van der Waals surface area contributed by atoms with Crippen LogP contribution in [0.5, 0.6) is 0 Å². The molecule has 1 aliphatic heterocycles. The van der Waals surface area contributed by atoms with E-state index in [-0.39, 0.29) is 12.1 Å². The summed E-state index contributed by atoms with van der Waals surface area (Å²) in [7, 11) is 6.49. The highest BCUT2D eigenvalue weighted by Crippen LogP contribution is 2.42. The molecule has 0 saturated carbocycles. The van der Waals surface area contributed by atoms with Crippen molar-refractivity contribution < 1.29 is 0 Å². The van der Waals surface area contributed by atoms with Gasteiger partial charge in [0.1, 0.15) is 7.85 Å². The molecule has 0 fully saturated rings. The predicted molar refractivity (Wildman–Crippen MR) is 160 cm³/mol. The highest BCUT2D eigenvalue weighted by Gasteiger charge is 2.37. The second-order valence-corrected chi connectivity index (χ2v) is 11.0. The van der Waals surface area contributed by atoms with Crippen molar-refractivity contribution in [3.8, 4) is 11.1 Å². The van der Waals surface area contributed by atoms with E-state index < -0.39 is 0 Å². The molecule has 0 bridgehead atoms. The Labute approximate surface area is 218 Å². The summed E-state index contributed by atoms with van der Waals surface area (Å²) in [6.07, 6.45) is 2.26. The molecule has 0 saturated heterocycles. The number of nitrogens with zero attached hydrogens (tertiary/aromatic N) is 1. The number of fused-ring (bicyclic) bond motifs is 2. The molecule has 0 aromatic heterocycles. The third-order valence-electron chi connectivity index (χ3n) is 7.50. The van der Waals surface area contributed by atoms with Gasteiger partial charge in [-0.25, -0.2) is 0 Å². The Hall–Kier alpha value is -3.45. The van der Waals surface area contributed by atoms with Gasteiger partial charge in [-0.1, -0.05) is 117 Å². The number of anilines is 3. The summed E-state index contributed by atoms with van der Waals surface area (Å²) >= 11 is 0. The zero-order chi connectivity index (χ0) is 25.6. The Morgan fingerprint density at radius 3 is 2.22 bits per heavy atom. The van der Waals surface area contributed by atoms with Crippen LogP contribution < -0.4 is 21.3 Å². The number of benzene rings is 4. The minimum atomic E-state index is 0.0621. The van der Waals surface area contributed by atoms with Crippen molar-refractivity contribution in [2.45, 2.75) is 47.0 Å². The quantitative estimate of drug-likeness (QED) is 0.306. The van der Waals surface area contributed by atoms with Gasteiger partial charge in [0.05, 0.1) is 5.69 Å². The van der Waals surface area contributed by atoms with Gasteiger partial charge in [0.15, 0.2) is 0 Å². The smallest absolute Gasteiger partial charge is 0.242 e. The summed E-state index contributed by atoms with van der Waals surface area (Å²) in [6, 6.07) is 30.7. The Morgan fingerprint density at radius 1 is 0.833 bits per heavy atom. The van der Waals surface area contributed by atoms with Crippen LogP contribution in [0.3, 0.4) is 0 Å². The highest BCUT2D eigenvalue weighted by molar-refractivity contribution is 6.93. The Morgan fingerprint density at radius 2 is 1.53 bits per heavy atom. The zero-order valence-electron chi connectivity index (χ0n) is 22.3. The Bertz CT molecular complexity index is 1460. The lowest BCUT2D eigenvalue weighted by Crippen LogP contribution is -2.53. The van der Waals surface area contributed by atoms with Gasteiger partial charge < -0.3 is 4.90 Å². The molecule has 1 heterocycles. The molecule has 36 heavy (non-hydrogen) atoms. The van der Waals surface area contributed by atoms with Crippen LogP contribution >= 0.6 is 0 Å². The summed E-state index contributed by atoms with van der Waals surface area (Å²) < 4.78 is 0. The van der Waals surface area contributed by atoms with Gasteiger partial charge >= 0.3 is 0 Å². The zero-order valence-corrected chi connectivity index (χ0v) is 22.3. The summed E-state index contributed by atoms with van der Waals surface area (Å²) in [5.41, 5.74) is 13.4. The molecule has 0 N–H and O–H groups in total. The second-order valence-electron chi connectivity index (χ2n) is 11.0. The van der Waals surface area contributed by atoms with E-state index in [9.17, 15) is 0 Å². The van der Waals surface area contributed by atoms with E-state index in [0.29, 0.717) is 0 Å². The van der Waals surface area contributed by atoms with Crippen LogP contribution in [0, 0.1) is 6.92 Å². The number of hydrogen-bond donors (Lipinski definition) is 0. The van der Waals surface area contributed by atoms with Crippen molar-refractivity contribution >= 4 is 48.0 Å². The van der Waals surface area contributed by atoms with Gasteiger partial charge in [-0.2, -0.15) is 0 Å². The standard InChI is InChI=1S/C33H33B2N/c1-7-23(3)35-28-20-25(33(4,5)6)17-18-30(28)36(31-21-26(34)19-22(2)32(31)35)29-16-12-11-15-27(29)24-13-9-8-10-14-24/h7-21H,1-6H3/b23-7+. The average molecular weight is 465 g/mol. The topological polar surface area (TPSA) is 3.24 Å². The van der Waals surface area contributed by atoms with E-state index in [0.717, 1.165) is 16.8 Å². The number of aryl methyl sites for hydroxylation is 1. The minimum Gasteiger partial charge on any atom is -0.311 e. The fourth-order valence-corrected chi connectivity index (χ4v) is 5.54. The molecule has 1 nitrogen and oxygen atoms in total. The Balaban J connectivity index is 1.88. The molecule has 0 aliphatic carbocycles. The molecule has 4 aromatic carbocycles. The first-order chi connectivity index (χ1) is 17.2. The SMILES string of the molecule is [B]c1cc(C)c2c(c1)N(c1ccccc1-c1ccccc1)c1ccc(C(C)(C)C)cc1B2/C(C)=C/C. The van der Waals surface area contributed by atoms with Crippen LogP contribution in [0.1, 0.15) is 45.7 Å². The van der Waals surface area contributed by atoms with Crippen LogP contribution in [0.25, 0.3) is 11.1 Å². The third-order valence-corrected chi connectivity index (χ3v) is 7.50. The summed E-state index contributed by atoms with van der Waals surface area (Å²) in [6.45, 7) is 13.7. The fraction of sp³-hybridized carbons (Fsp3) is 0.212. The molecule has 2 radical (unpaired) electrons. The van der Waals surface area contributed by atoms with Gasteiger partial charge in [-0.05, 0) is 59.5 Å². The lowest BCUT2D eigenvalue weighted by molar-refractivity contribution is 0.591. The maximum Gasteiger partial charge on any atom is 0.242 e. The van der Waals surface area contributed by atoms with Crippen LogP contribution in [0.4, 0.5) is 17.1 Å². The van der Waals surface area contributed by atoms with Gasteiger partial charge in [-0.3, -0.25) is 0 Å². The molecule has 176 valence electrons. The van der Waals surface area contributed by atoms with E-state index >= 15 is 0 Å². The highest BCUT2D eigenvalue weighted by atomic mass is 15.2. The largest absolute Gasteiger partial charge is 0.311 e. The van der Waals surface area contributed by atoms with Crippen molar-refractivity contribution in [3.05, 3.63) is 108 Å². The van der Waals surface area contributed by atoms with E-state index in [1.807, 2.05) is 0 Å². The molecule has 0 unspecified atom stereocenters. The van der Waals surface area contributed by atoms with Gasteiger partial charge in [0.25, 0.3) is 0 Å². The molecule has 0 spiro atoms. The molecular formula is C33H33B2N. The van der Waals surface area contributed by atoms with Crippen LogP contribution in [0.15, 0.2) is 96.5 Å². The molecule has 5 rings (SSSR count). The van der Waals surface area contributed by atoms with E-state index in [4.69, 9.17) is 7.85 Å². The predicted octanol–water partition coefficient (Wildman–Crippen LogP) is 6.65. The lowest BCUT2D eigenvalue weighted by atomic mass is 9.34. The van der Waals surface area contributed by atoms with Crippen LogP contribution in [-0.4, -0.2) is 14.6 Å². The molecule has 4 aromatic rings. The molecular weight excluding hydrogens is 432 g/mol. The molecule has 1 aliphatic rings.